The largest absolute Gasteiger partial charge is 0.389 e. The second-order valence-electron chi connectivity index (χ2n) is 2.95. The summed E-state index contributed by atoms with van der Waals surface area (Å²) in [5.74, 6) is -1.32. The highest BCUT2D eigenvalue weighted by Crippen LogP contribution is 2.28. The van der Waals surface area contributed by atoms with Crippen molar-refractivity contribution < 1.29 is 18.0 Å². The van der Waals surface area contributed by atoms with Gasteiger partial charge in [0.15, 0.2) is 0 Å². The first-order valence-corrected chi connectivity index (χ1v) is 3.83. The zero-order chi connectivity index (χ0) is 9.19. The Hall–Kier alpha value is -0.740. The monoisotopic (exact) mass is 181 g/mol. The van der Waals surface area contributed by atoms with E-state index >= 15 is 0 Å². The van der Waals surface area contributed by atoms with Crippen molar-refractivity contribution in [2.24, 2.45) is 5.92 Å². The molecule has 0 saturated carbocycles. The van der Waals surface area contributed by atoms with Gasteiger partial charge in [-0.1, -0.05) is 0 Å². The lowest BCUT2D eigenvalue weighted by Gasteiger charge is -2.22. The molecule has 1 amide bonds. The van der Waals surface area contributed by atoms with Gasteiger partial charge in [-0.05, 0) is 12.8 Å². The van der Waals surface area contributed by atoms with Crippen LogP contribution in [-0.2, 0) is 4.79 Å². The molecular formula is C7H10F3NO. The molecule has 0 aromatic rings. The zero-order valence-electron chi connectivity index (χ0n) is 6.45. The molecule has 1 aliphatic heterocycles. The van der Waals surface area contributed by atoms with Gasteiger partial charge >= 0.3 is 6.18 Å². The summed E-state index contributed by atoms with van der Waals surface area (Å²) < 4.78 is 35.5. The highest BCUT2D eigenvalue weighted by Gasteiger charge is 2.35. The van der Waals surface area contributed by atoms with Crippen molar-refractivity contribution >= 4 is 5.91 Å². The number of hydrogen-bond acceptors (Lipinski definition) is 1. The van der Waals surface area contributed by atoms with Gasteiger partial charge in [0.2, 0.25) is 5.91 Å². The van der Waals surface area contributed by atoms with Crippen LogP contribution in [0.2, 0.25) is 0 Å². The number of rotatable bonds is 1. The molecule has 1 atom stereocenters. The average Bonchev–Trinajstić information content (AvgIpc) is 1.91. The normalized spacial score (nSPS) is 25.2. The summed E-state index contributed by atoms with van der Waals surface area (Å²) in [6.07, 6.45) is -4.21. The number of hydrogen-bond donors (Lipinski definition) is 1. The topological polar surface area (TPSA) is 29.1 Å². The summed E-state index contributed by atoms with van der Waals surface area (Å²) in [6.45, 7) is 0.507. The smallest absolute Gasteiger partial charge is 0.356 e. The van der Waals surface area contributed by atoms with Crippen molar-refractivity contribution in [3.63, 3.8) is 0 Å². The SMILES string of the molecule is O=C1NCCCC1CC(F)(F)F. The Bertz CT molecular complexity index is 178. The predicted octanol–water partition coefficient (Wildman–Crippen LogP) is 1.47. The van der Waals surface area contributed by atoms with E-state index in [0.717, 1.165) is 0 Å². The van der Waals surface area contributed by atoms with Crippen LogP contribution < -0.4 is 5.32 Å². The van der Waals surface area contributed by atoms with Gasteiger partial charge in [-0.15, -0.1) is 0 Å². The summed E-state index contributed by atoms with van der Waals surface area (Å²) in [5, 5.41) is 2.42. The predicted molar refractivity (Wildman–Crippen MR) is 36.4 cm³/mol. The molecule has 0 aromatic carbocycles. The zero-order valence-corrected chi connectivity index (χ0v) is 6.45. The van der Waals surface area contributed by atoms with E-state index in [-0.39, 0.29) is 0 Å². The second kappa shape index (κ2) is 3.33. The van der Waals surface area contributed by atoms with E-state index in [2.05, 4.69) is 5.32 Å². The van der Waals surface area contributed by atoms with Crippen LogP contribution in [0.15, 0.2) is 0 Å². The van der Waals surface area contributed by atoms with Crippen molar-refractivity contribution in [3.8, 4) is 0 Å². The standard InChI is InChI=1S/C7H10F3NO/c8-7(9,10)4-5-2-1-3-11-6(5)12/h5H,1-4H2,(H,11,12). The van der Waals surface area contributed by atoms with Gasteiger partial charge in [0.25, 0.3) is 0 Å². The number of piperidine rings is 1. The quantitative estimate of drug-likeness (QED) is 0.652. The maximum atomic E-state index is 11.8. The van der Waals surface area contributed by atoms with E-state index < -0.39 is 24.4 Å². The first kappa shape index (κ1) is 9.35. The summed E-state index contributed by atoms with van der Waals surface area (Å²) in [4.78, 5) is 10.9. The Morgan fingerprint density at radius 3 is 2.67 bits per heavy atom. The van der Waals surface area contributed by atoms with Crippen molar-refractivity contribution in [1.82, 2.24) is 5.32 Å². The molecule has 1 aliphatic rings. The van der Waals surface area contributed by atoms with Gasteiger partial charge in [-0.2, -0.15) is 13.2 Å². The maximum absolute atomic E-state index is 11.8. The number of carbonyl (C=O) groups is 1. The average molecular weight is 181 g/mol. The van der Waals surface area contributed by atoms with Crippen LogP contribution in [0.5, 0.6) is 0 Å². The Labute approximate surface area is 68.1 Å². The molecule has 0 bridgehead atoms. The molecule has 12 heavy (non-hydrogen) atoms. The fourth-order valence-corrected chi connectivity index (χ4v) is 1.31. The van der Waals surface area contributed by atoms with Crippen LogP contribution in [0, 0.1) is 5.92 Å². The number of alkyl halides is 3. The minimum Gasteiger partial charge on any atom is -0.356 e. The third kappa shape index (κ3) is 2.71. The molecule has 1 N–H and O–H groups in total. The number of halogens is 3. The summed E-state index contributed by atoms with van der Waals surface area (Å²) in [7, 11) is 0. The molecule has 2 nitrogen and oxygen atoms in total. The fraction of sp³-hybridized carbons (Fsp3) is 0.857. The van der Waals surface area contributed by atoms with Crippen molar-refractivity contribution in [2.45, 2.75) is 25.4 Å². The third-order valence-corrected chi connectivity index (χ3v) is 1.88. The molecule has 1 unspecified atom stereocenters. The first-order chi connectivity index (χ1) is 5.49. The first-order valence-electron chi connectivity index (χ1n) is 3.83. The molecule has 1 saturated heterocycles. The highest BCUT2D eigenvalue weighted by atomic mass is 19.4. The van der Waals surface area contributed by atoms with Crippen molar-refractivity contribution in [3.05, 3.63) is 0 Å². The van der Waals surface area contributed by atoms with E-state index in [1.807, 2.05) is 0 Å². The van der Waals surface area contributed by atoms with Gasteiger partial charge in [0, 0.05) is 12.5 Å². The van der Waals surface area contributed by atoms with E-state index in [1.54, 1.807) is 0 Å². The van der Waals surface area contributed by atoms with Crippen LogP contribution in [0.4, 0.5) is 13.2 Å². The third-order valence-electron chi connectivity index (χ3n) is 1.88. The summed E-state index contributed by atoms with van der Waals surface area (Å²) in [5.41, 5.74) is 0. The van der Waals surface area contributed by atoms with Crippen LogP contribution in [0.3, 0.4) is 0 Å². The molecule has 1 rings (SSSR count). The Kier molecular flexibility index (Phi) is 2.59. The van der Waals surface area contributed by atoms with E-state index in [4.69, 9.17) is 0 Å². The van der Waals surface area contributed by atoms with Crippen LogP contribution in [-0.4, -0.2) is 18.6 Å². The van der Waals surface area contributed by atoms with Crippen LogP contribution >= 0.6 is 0 Å². The van der Waals surface area contributed by atoms with Gasteiger partial charge in [-0.3, -0.25) is 4.79 Å². The number of amides is 1. The minimum absolute atomic E-state index is 0.353. The Morgan fingerprint density at radius 1 is 1.50 bits per heavy atom. The molecule has 1 fully saturated rings. The molecular weight excluding hydrogens is 171 g/mol. The van der Waals surface area contributed by atoms with Crippen LogP contribution in [0.25, 0.3) is 0 Å². The molecule has 0 aliphatic carbocycles. The second-order valence-corrected chi connectivity index (χ2v) is 2.95. The Balaban J connectivity index is 2.45. The molecule has 0 radical (unpaired) electrons. The fourth-order valence-electron chi connectivity index (χ4n) is 1.31. The van der Waals surface area contributed by atoms with Crippen molar-refractivity contribution in [2.75, 3.05) is 6.54 Å². The number of nitrogens with one attached hydrogen (secondary N) is 1. The molecule has 70 valence electrons. The molecule has 5 heteroatoms. The molecule has 0 spiro atoms. The molecule has 0 aromatic heterocycles. The maximum Gasteiger partial charge on any atom is 0.389 e. The van der Waals surface area contributed by atoms with E-state index in [1.165, 1.54) is 0 Å². The van der Waals surface area contributed by atoms with Gasteiger partial charge in [-0.25, -0.2) is 0 Å². The van der Waals surface area contributed by atoms with Gasteiger partial charge in [0.1, 0.15) is 0 Å². The van der Waals surface area contributed by atoms with Crippen molar-refractivity contribution in [1.29, 1.82) is 0 Å². The summed E-state index contributed by atoms with van der Waals surface area (Å²) in [6, 6.07) is 0. The highest BCUT2D eigenvalue weighted by molar-refractivity contribution is 5.79. The van der Waals surface area contributed by atoms with Crippen LogP contribution in [0.1, 0.15) is 19.3 Å². The lowest BCUT2D eigenvalue weighted by Crippen LogP contribution is -2.38. The molecule has 1 heterocycles. The van der Waals surface area contributed by atoms with E-state index in [0.29, 0.717) is 19.4 Å². The number of carbonyl (C=O) groups excluding carboxylic acids is 1. The Morgan fingerprint density at radius 2 is 2.17 bits per heavy atom. The minimum atomic E-state index is -4.22. The lowest BCUT2D eigenvalue weighted by atomic mass is 9.95. The van der Waals surface area contributed by atoms with Gasteiger partial charge in [0.05, 0.1) is 6.42 Å². The van der Waals surface area contributed by atoms with E-state index in [9.17, 15) is 18.0 Å². The lowest BCUT2D eigenvalue weighted by molar-refractivity contribution is -0.156. The van der Waals surface area contributed by atoms with Gasteiger partial charge < -0.3 is 5.32 Å². The summed E-state index contributed by atoms with van der Waals surface area (Å²) >= 11 is 0.